The highest BCUT2D eigenvalue weighted by Crippen LogP contribution is 2.31. The summed E-state index contributed by atoms with van der Waals surface area (Å²) in [6.45, 7) is 6.95. The second-order valence-electron chi connectivity index (χ2n) is 7.59. The number of aliphatic hydroxyl groups excluding tert-OH is 1. The molecule has 0 aromatic heterocycles. The minimum absolute atomic E-state index is 0.0295. The molecule has 0 aliphatic carbocycles. The molecule has 1 heterocycles. The van der Waals surface area contributed by atoms with Gasteiger partial charge < -0.3 is 20.1 Å². The van der Waals surface area contributed by atoms with Gasteiger partial charge in [0.2, 0.25) is 5.91 Å². The monoisotopic (exact) mass is 362 g/mol. The van der Waals surface area contributed by atoms with E-state index in [1.54, 1.807) is 0 Å². The second-order valence-corrected chi connectivity index (χ2v) is 7.59. The summed E-state index contributed by atoms with van der Waals surface area (Å²) in [5.74, 6) is 0.970. The van der Waals surface area contributed by atoms with Crippen LogP contribution in [-0.2, 0) is 11.2 Å². The van der Waals surface area contributed by atoms with E-state index in [0.29, 0.717) is 6.42 Å². The Kier molecular flexibility index (Phi) is 7.76. The van der Waals surface area contributed by atoms with E-state index >= 15 is 0 Å². The van der Waals surface area contributed by atoms with Gasteiger partial charge in [0, 0.05) is 18.8 Å². The maximum absolute atomic E-state index is 12.7. The minimum Gasteiger partial charge on any atom is -0.494 e. The number of nitrogens with zero attached hydrogens (tertiary/aromatic N) is 1. The Morgan fingerprint density at radius 2 is 2.08 bits per heavy atom. The van der Waals surface area contributed by atoms with Crippen LogP contribution in [0.3, 0.4) is 0 Å². The number of unbranched alkanes of at least 4 members (excludes halogenated alkanes) is 3. The molecule has 1 aliphatic heterocycles. The molecule has 0 bridgehead atoms. The van der Waals surface area contributed by atoms with Gasteiger partial charge in [0.15, 0.2) is 0 Å². The normalized spacial score (nSPS) is 20.4. The van der Waals surface area contributed by atoms with Crippen molar-refractivity contribution < 1.29 is 14.6 Å². The van der Waals surface area contributed by atoms with Crippen molar-refractivity contribution in [2.45, 2.75) is 65.0 Å². The maximum atomic E-state index is 12.7. The number of hydrogen-bond acceptors (Lipinski definition) is 4. The van der Waals surface area contributed by atoms with Crippen LogP contribution in [0.25, 0.3) is 0 Å². The summed E-state index contributed by atoms with van der Waals surface area (Å²) in [6, 6.07) is 5.57. The van der Waals surface area contributed by atoms with Crippen LogP contribution >= 0.6 is 0 Å². The van der Waals surface area contributed by atoms with Crippen molar-refractivity contribution in [3.63, 3.8) is 0 Å². The molecule has 0 radical (unpaired) electrons. The van der Waals surface area contributed by atoms with Crippen molar-refractivity contribution in [1.82, 2.24) is 5.32 Å². The number of amides is 1. The largest absolute Gasteiger partial charge is 0.494 e. The van der Waals surface area contributed by atoms with E-state index in [1.165, 1.54) is 19.3 Å². The quantitative estimate of drug-likeness (QED) is 0.698. The van der Waals surface area contributed by atoms with Gasteiger partial charge in [0.25, 0.3) is 0 Å². The molecule has 1 aromatic carbocycles. The van der Waals surface area contributed by atoms with E-state index in [0.717, 1.165) is 30.0 Å². The number of fused-ring (bicyclic) bond motifs is 1. The van der Waals surface area contributed by atoms with Gasteiger partial charge in [0.05, 0.1) is 19.3 Å². The zero-order valence-corrected chi connectivity index (χ0v) is 16.6. The van der Waals surface area contributed by atoms with E-state index in [9.17, 15) is 9.90 Å². The van der Waals surface area contributed by atoms with Crippen molar-refractivity contribution in [3.05, 3.63) is 23.8 Å². The third-order valence-corrected chi connectivity index (χ3v) is 5.05. The van der Waals surface area contributed by atoms with Crippen molar-refractivity contribution in [3.8, 4) is 5.75 Å². The Labute approximate surface area is 157 Å². The van der Waals surface area contributed by atoms with Gasteiger partial charge in [-0.05, 0) is 30.4 Å². The summed E-state index contributed by atoms with van der Waals surface area (Å²) in [6.07, 6.45) is 5.32. The molecular formula is C21H34N2O3. The molecular weight excluding hydrogens is 328 g/mol. The predicted octanol–water partition coefficient (Wildman–Crippen LogP) is 3.14. The molecule has 0 fully saturated rings. The van der Waals surface area contributed by atoms with Crippen LogP contribution in [0, 0.1) is 5.92 Å². The summed E-state index contributed by atoms with van der Waals surface area (Å²) >= 11 is 0. The average molecular weight is 363 g/mol. The first-order valence-corrected chi connectivity index (χ1v) is 9.87. The number of carbonyl (C=O) groups excluding carboxylic acids is 1. The van der Waals surface area contributed by atoms with Crippen LogP contribution in [-0.4, -0.2) is 43.4 Å². The molecule has 0 unspecified atom stereocenters. The lowest BCUT2D eigenvalue weighted by Gasteiger charge is -2.37. The second kappa shape index (κ2) is 9.81. The third-order valence-electron chi connectivity index (χ3n) is 5.05. The highest BCUT2D eigenvalue weighted by Gasteiger charge is 2.32. The zero-order chi connectivity index (χ0) is 19.1. The summed E-state index contributed by atoms with van der Waals surface area (Å²) in [7, 11) is 1.97. The zero-order valence-electron chi connectivity index (χ0n) is 16.6. The molecule has 1 aromatic rings. The van der Waals surface area contributed by atoms with E-state index in [1.807, 2.05) is 37.9 Å². The number of benzene rings is 1. The fourth-order valence-corrected chi connectivity index (χ4v) is 3.64. The van der Waals surface area contributed by atoms with E-state index < -0.39 is 0 Å². The highest BCUT2D eigenvalue weighted by atomic mass is 16.5. The van der Waals surface area contributed by atoms with Crippen molar-refractivity contribution >= 4 is 11.6 Å². The molecule has 0 spiro atoms. The first kappa shape index (κ1) is 20.6. The first-order valence-electron chi connectivity index (χ1n) is 9.87. The number of nitrogens with one attached hydrogen (secondary N) is 1. The summed E-state index contributed by atoms with van der Waals surface area (Å²) in [5.41, 5.74) is 2.14. The van der Waals surface area contributed by atoms with Crippen molar-refractivity contribution in [2.24, 2.45) is 5.92 Å². The van der Waals surface area contributed by atoms with Crippen LogP contribution in [0.5, 0.6) is 5.75 Å². The number of carbonyl (C=O) groups is 1. The number of likely N-dealkylation sites (N-methyl/N-ethyl adjacent to an activating group) is 1. The Morgan fingerprint density at radius 1 is 1.31 bits per heavy atom. The molecule has 5 nitrogen and oxygen atoms in total. The van der Waals surface area contributed by atoms with Crippen LogP contribution < -0.4 is 15.0 Å². The van der Waals surface area contributed by atoms with Crippen molar-refractivity contribution in [1.29, 1.82) is 0 Å². The number of rotatable bonds is 8. The van der Waals surface area contributed by atoms with E-state index in [-0.39, 0.29) is 30.5 Å². The third kappa shape index (κ3) is 5.13. The van der Waals surface area contributed by atoms with E-state index in [2.05, 4.69) is 18.3 Å². The smallest absolute Gasteiger partial charge is 0.243 e. The fourth-order valence-electron chi connectivity index (χ4n) is 3.64. The maximum Gasteiger partial charge on any atom is 0.243 e. The molecule has 0 saturated heterocycles. The van der Waals surface area contributed by atoms with E-state index in [4.69, 9.17) is 4.74 Å². The SMILES string of the molecule is CCCCCCOc1ccc2c(c1)N(C)[C@H](C(C)C)C(=O)N[C@@H](CO)C2. The molecule has 26 heavy (non-hydrogen) atoms. The molecule has 146 valence electrons. The standard InChI is InChI=1S/C21H34N2O3/c1-5-6-7-8-11-26-18-10-9-16-12-17(14-24)22-21(25)20(15(2)3)23(4)19(16)13-18/h9-10,13,15,17,20,24H,5-8,11-12,14H2,1-4H3,(H,22,25)/t17-,20-/m1/s1. The predicted molar refractivity (Wildman–Crippen MR) is 106 cm³/mol. The lowest BCUT2D eigenvalue weighted by atomic mass is 9.95. The topological polar surface area (TPSA) is 61.8 Å². The fraction of sp³-hybridized carbons (Fsp3) is 0.667. The molecule has 1 aliphatic rings. The minimum atomic E-state index is -0.275. The highest BCUT2D eigenvalue weighted by molar-refractivity contribution is 5.86. The van der Waals surface area contributed by atoms with Gasteiger partial charge in [0.1, 0.15) is 11.8 Å². The number of ether oxygens (including phenoxy) is 1. The van der Waals surface area contributed by atoms with Gasteiger partial charge >= 0.3 is 0 Å². The Balaban J connectivity index is 2.22. The number of hydrogen-bond donors (Lipinski definition) is 2. The molecule has 1 amide bonds. The number of anilines is 1. The molecule has 5 heteroatoms. The number of aliphatic hydroxyl groups is 1. The lowest BCUT2D eigenvalue weighted by molar-refractivity contribution is -0.124. The Morgan fingerprint density at radius 3 is 2.73 bits per heavy atom. The average Bonchev–Trinajstić information content (AvgIpc) is 2.60. The summed E-state index contributed by atoms with van der Waals surface area (Å²) in [4.78, 5) is 14.7. The Hall–Kier alpha value is -1.75. The summed E-state index contributed by atoms with van der Waals surface area (Å²) in [5, 5.41) is 12.6. The van der Waals surface area contributed by atoms with Gasteiger partial charge in [-0.15, -0.1) is 0 Å². The van der Waals surface area contributed by atoms with Crippen LogP contribution in [0.2, 0.25) is 0 Å². The molecule has 0 saturated carbocycles. The first-order chi connectivity index (χ1) is 12.5. The summed E-state index contributed by atoms with van der Waals surface area (Å²) < 4.78 is 5.94. The molecule has 2 atom stereocenters. The van der Waals surface area contributed by atoms with Crippen LogP contribution in [0.1, 0.15) is 52.0 Å². The van der Waals surface area contributed by atoms with Crippen molar-refractivity contribution in [2.75, 3.05) is 25.2 Å². The van der Waals surface area contributed by atoms with Gasteiger partial charge in [-0.3, -0.25) is 4.79 Å². The molecule has 2 rings (SSSR count). The van der Waals surface area contributed by atoms with Crippen LogP contribution in [0.15, 0.2) is 18.2 Å². The Bertz CT molecular complexity index is 589. The van der Waals surface area contributed by atoms with Crippen LogP contribution in [0.4, 0.5) is 5.69 Å². The van der Waals surface area contributed by atoms with Gasteiger partial charge in [-0.1, -0.05) is 46.1 Å². The van der Waals surface area contributed by atoms with Gasteiger partial charge in [-0.25, -0.2) is 0 Å². The molecule has 2 N–H and O–H groups in total. The lowest BCUT2D eigenvalue weighted by Crippen LogP contribution is -2.54. The van der Waals surface area contributed by atoms with Gasteiger partial charge in [-0.2, -0.15) is 0 Å².